The number of amides is 1. The van der Waals surface area contributed by atoms with Crippen molar-refractivity contribution >= 4 is 21.9 Å². The second-order valence-electron chi connectivity index (χ2n) is 6.46. The lowest BCUT2D eigenvalue weighted by molar-refractivity contribution is -0.137. The minimum atomic E-state index is -3.66. The Hall–Kier alpha value is -1.93. The number of hydrogen-bond donors (Lipinski definition) is 2. The summed E-state index contributed by atoms with van der Waals surface area (Å²) in [5, 5.41) is 11.3. The zero-order chi connectivity index (χ0) is 18.6. The number of aliphatic carboxylic acids is 1. The number of carbonyl (C=O) groups is 2. The van der Waals surface area contributed by atoms with Gasteiger partial charge in [0.05, 0.1) is 11.3 Å². The number of hydrogen-bond acceptors (Lipinski definition) is 4. The Bertz CT molecular complexity index is 747. The first-order chi connectivity index (χ1) is 11.7. The quantitative estimate of drug-likeness (QED) is 0.797. The predicted molar refractivity (Wildman–Crippen MR) is 92.8 cm³/mol. The molecule has 2 N–H and O–H groups in total. The Morgan fingerprint density at radius 2 is 2.08 bits per heavy atom. The van der Waals surface area contributed by atoms with Crippen LogP contribution in [0.25, 0.3) is 0 Å². The molecule has 0 saturated carbocycles. The largest absolute Gasteiger partial charge is 0.481 e. The molecule has 2 rings (SSSR count). The first kappa shape index (κ1) is 19.4. The molecule has 1 heterocycles. The molecule has 1 fully saturated rings. The van der Waals surface area contributed by atoms with Crippen LogP contribution in [0.5, 0.6) is 0 Å². The van der Waals surface area contributed by atoms with Gasteiger partial charge in [0.25, 0.3) is 5.91 Å². The van der Waals surface area contributed by atoms with Crippen molar-refractivity contribution in [3.05, 3.63) is 29.8 Å². The van der Waals surface area contributed by atoms with E-state index in [2.05, 4.69) is 5.32 Å². The van der Waals surface area contributed by atoms with E-state index in [1.165, 1.54) is 28.6 Å². The third kappa shape index (κ3) is 4.79. The van der Waals surface area contributed by atoms with E-state index in [1.807, 2.05) is 6.92 Å². The number of nitrogens with one attached hydrogen (secondary N) is 1. The van der Waals surface area contributed by atoms with Crippen LogP contribution in [-0.4, -0.2) is 48.3 Å². The molecular weight excluding hydrogens is 344 g/mol. The van der Waals surface area contributed by atoms with E-state index in [4.69, 9.17) is 5.11 Å². The minimum absolute atomic E-state index is 0.0631. The molecule has 0 aromatic heterocycles. The third-order valence-electron chi connectivity index (χ3n) is 4.30. The summed E-state index contributed by atoms with van der Waals surface area (Å²) in [6, 6.07) is 5.26. The fraction of sp³-hybridized carbons (Fsp3) is 0.529. The molecule has 0 aliphatic carbocycles. The molecule has 1 amide bonds. The van der Waals surface area contributed by atoms with Crippen molar-refractivity contribution in [3.8, 4) is 0 Å². The van der Waals surface area contributed by atoms with Crippen LogP contribution in [-0.2, 0) is 14.8 Å². The number of piperidine rings is 1. The number of benzene rings is 1. The lowest BCUT2D eigenvalue weighted by atomic mass is 10.1. The van der Waals surface area contributed by atoms with Gasteiger partial charge in [-0.2, -0.15) is 4.31 Å². The van der Waals surface area contributed by atoms with Crippen LogP contribution in [0.4, 0.5) is 0 Å². The molecule has 1 aliphatic heterocycles. The van der Waals surface area contributed by atoms with Gasteiger partial charge in [0.15, 0.2) is 0 Å². The molecule has 2 unspecified atom stereocenters. The minimum Gasteiger partial charge on any atom is -0.481 e. The van der Waals surface area contributed by atoms with Crippen molar-refractivity contribution in [1.29, 1.82) is 0 Å². The van der Waals surface area contributed by atoms with Gasteiger partial charge in [-0.1, -0.05) is 12.5 Å². The Balaban J connectivity index is 2.20. The summed E-state index contributed by atoms with van der Waals surface area (Å²) in [6.07, 6.45) is 2.47. The predicted octanol–water partition coefficient (Wildman–Crippen LogP) is 1.84. The average molecular weight is 368 g/mol. The van der Waals surface area contributed by atoms with E-state index >= 15 is 0 Å². The van der Waals surface area contributed by atoms with E-state index in [-0.39, 0.29) is 22.9 Å². The summed E-state index contributed by atoms with van der Waals surface area (Å²) in [6.45, 7) is 3.96. The Kier molecular flexibility index (Phi) is 6.18. The van der Waals surface area contributed by atoms with Gasteiger partial charge in [0, 0.05) is 24.2 Å². The number of carbonyl (C=O) groups excluding carboxylic acids is 1. The monoisotopic (exact) mass is 368 g/mol. The summed E-state index contributed by atoms with van der Waals surface area (Å²) < 4.78 is 27.2. The van der Waals surface area contributed by atoms with Crippen LogP contribution < -0.4 is 5.32 Å². The summed E-state index contributed by atoms with van der Waals surface area (Å²) >= 11 is 0. The van der Waals surface area contributed by atoms with Crippen molar-refractivity contribution < 1.29 is 23.1 Å². The normalized spacial score (nSPS) is 20.0. The molecule has 1 saturated heterocycles. The summed E-state index contributed by atoms with van der Waals surface area (Å²) in [7, 11) is -3.66. The van der Waals surface area contributed by atoms with Crippen molar-refractivity contribution in [3.63, 3.8) is 0 Å². The van der Waals surface area contributed by atoms with Crippen LogP contribution in [0.1, 0.15) is 49.9 Å². The van der Waals surface area contributed by atoms with E-state index in [9.17, 15) is 18.0 Å². The van der Waals surface area contributed by atoms with Gasteiger partial charge in [0.1, 0.15) is 0 Å². The number of rotatable bonds is 6. The van der Waals surface area contributed by atoms with E-state index in [0.717, 1.165) is 19.3 Å². The van der Waals surface area contributed by atoms with Gasteiger partial charge >= 0.3 is 5.97 Å². The van der Waals surface area contributed by atoms with Crippen molar-refractivity contribution in [2.24, 2.45) is 0 Å². The van der Waals surface area contributed by atoms with Gasteiger partial charge in [0.2, 0.25) is 10.0 Å². The van der Waals surface area contributed by atoms with E-state index < -0.39 is 27.9 Å². The SMILES string of the molecule is CC(CC(=O)O)NC(=O)c1cccc(S(=O)(=O)N2CCCCC2C)c1. The van der Waals surface area contributed by atoms with Gasteiger partial charge in [-0.25, -0.2) is 8.42 Å². The molecule has 25 heavy (non-hydrogen) atoms. The molecule has 138 valence electrons. The molecular formula is C17H24N2O5S. The molecule has 8 heteroatoms. The number of sulfonamides is 1. The topological polar surface area (TPSA) is 104 Å². The van der Waals surface area contributed by atoms with Crippen LogP contribution in [0.3, 0.4) is 0 Å². The molecule has 0 radical (unpaired) electrons. The highest BCUT2D eigenvalue weighted by molar-refractivity contribution is 7.89. The first-order valence-electron chi connectivity index (χ1n) is 8.36. The highest BCUT2D eigenvalue weighted by atomic mass is 32.2. The zero-order valence-electron chi connectivity index (χ0n) is 14.4. The van der Waals surface area contributed by atoms with Gasteiger partial charge in [-0.3, -0.25) is 9.59 Å². The summed E-state index contributed by atoms with van der Waals surface area (Å²) in [5.41, 5.74) is 0.197. The molecule has 0 spiro atoms. The van der Waals surface area contributed by atoms with Gasteiger partial charge < -0.3 is 10.4 Å². The average Bonchev–Trinajstić information content (AvgIpc) is 2.54. The third-order valence-corrected chi connectivity index (χ3v) is 6.31. The second-order valence-corrected chi connectivity index (χ2v) is 8.35. The van der Waals surface area contributed by atoms with Crippen molar-refractivity contribution in [1.82, 2.24) is 9.62 Å². The highest BCUT2D eigenvalue weighted by Gasteiger charge is 2.31. The standard InChI is InChI=1S/C17H24N2O5S/c1-12(10-16(20)21)18-17(22)14-7-5-8-15(11-14)25(23,24)19-9-4-3-6-13(19)2/h5,7-8,11-13H,3-4,6,9-10H2,1-2H3,(H,18,22)(H,20,21). The Morgan fingerprint density at radius 1 is 1.36 bits per heavy atom. The second kappa shape index (κ2) is 7.97. The first-order valence-corrected chi connectivity index (χ1v) is 9.80. The number of nitrogens with zero attached hydrogens (tertiary/aromatic N) is 1. The van der Waals surface area contributed by atoms with Crippen LogP contribution in [0.2, 0.25) is 0 Å². The summed E-state index contributed by atoms with van der Waals surface area (Å²) in [5.74, 6) is -1.50. The van der Waals surface area contributed by atoms with Crippen molar-refractivity contribution in [2.75, 3.05) is 6.54 Å². The maximum Gasteiger partial charge on any atom is 0.305 e. The Morgan fingerprint density at radius 3 is 2.72 bits per heavy atom. The Labute approximate surface area is 148 Å². The maximum absolute atomic E-state index is 12.9. The van der Waals surface area contributed by atoms with Gasteiger partial charge in [-0.15, -0.1) is 0 Å². The molecule has 0 bridgehead atoms. The summed E-state index contributed by atoms with van der Waals surface area (Å²) in [4.78, 5) is 23.0. The molecule has 1 aliphatic rings. The molecule has 7 nitrogen and oxygen atoms in total. The molecule has 2 atom stereocenters. The fourth-order valence-electron chi connectivity index (χ4n) is 2.98. The lowest BCUT2D eigenvalue weighted by Gasteiger charge is -2.32. The molecule has 1 aromatic rings. The van der Waals surface area contributed by atoms with Crippen molar-refractivity contribution in [2.45, 2.75) is 56.5 Å². The van der Waals surface area contributed by atoms with E-state index in [1.54, 1.807) is 6.92 Å². The molecule has 1 aromatic carbocycles. The van der Waals surface area contributed by atoms with Crippen LogP contribution in [0, 0.1) is 0 Å². The van der Waals surface area contributed by atoms with Crippen LogP contribution in [0.15, 0.2) is 29.2 Å². The van der Waals surface area contributed by atoms with E-state index in [0.29, 0.717) is 6.54 Å². The number of carboxylic acid groups (broad SMARTS) is 1. The smallest absolute Gasteiger partial charge is 0.305 e. The van der Waals surface area contributed by atoms with Gasteiger partial charge in [-0.05, 0) is 44.9 Å². The lowest BCUT2D eigenvalue weighted by Crippen LogP contribution is -2.42. The highest BCUT2D eigenvalue weighted by Crippen LogP contribution is 2.25. The maximum atomic E-state index is 12.9. The fourth-order valence-corrected chi connectivity index (χ4v) is 4.73. The van der Waals surface area contributed by atoms with Crippen LogP contribution >= 0.6 is 0 Å². The zero-order valence-corrected chi connectivity index (χ0v) is 15.3. The number of carboxylic acids is 1.